The van der Waals surface area contributed by atoms with Gasteiger partial charge in [-0.15, -0.1) is 0 Å². The number of amides is 2. The molecule has 3 heterocycles. The fraction of sp³-hybridized carbons (Fsp3) is 0.150. The minimum Gasteiger partial charge on any atom is -0.508 e. The van der Waals surface area contributed by atoms with E-state index in [1.807, 2.05) is 6.07 Å². The fourth-order valence-electron chi connectivity index (χ4n) is 3.89. The van der Waals surface area contributed by atoms with E-state index < -0.39 is 17.1 Å². The van der Waals surface area contributed by atoms with E-state index in [-0.39, 0.29) is 22.4 Å². The summed E-state index contributed by atoms with van der Waals surface area (Å²) in [4.78, 5) is 43.1. The summed E-state index contributed by atoms with van der Waals surface area (Å²) in [6.07, 6.45) is 0. The van der Waals surface area contributed by atoms with Crippen molar-refractivity contribution in [3.63, 3.8) is 0 Å². The largest absolute Gasteiger partial charge is 0.508 e. The number of rotatable bonds is 2. The molecule has 6 nitrogen and oxygen atoms in total. The first-order valence-electron chi connectivity index (χ1n) is 8.66. The molecule has 0 spiro atoms. The van der Waals surface area contributed by atoms with Crippen LogP contribution in [0.5, 0.6) is 5.75 Å². The Kier molecular flexibility index (Phi) is 3.92. The van der Waals surface area contributed by atoms with Crippen molar-refractivity contribution in [2.75, 3.05) is 4.90 Å². The summed E-state index contributed by atoms with van der Waals surface area (Å²) in [7, 11) is 0. The maximum absolute atomic E-state index is 13.4. The second-order valence-corrected chi connectivity index (χ2v) is 8.86. The lowest BCUT2D eigenvalue weighted by atomic mass is 9.83. The number of H-pyrrole nitrogens is 1. The number of aromatic amines is 1. The van der Waals surface area contributed by atoms with Gasteiger partial charge in [0.25, 0.3) is 0 Å². The minimum atomic E-state index is -0.610. The Morgan fingerprint density at radius 1 is 0.929 bits per heavy atom. The number of carbonyl (C=O) groups is 2. The average Bonchev–Trinajstić information content (AvgIpc) is 3.18. The highest BCUT2D eigenvalue weighted by molar-refractivity contribution is 8.00. The Bertz CT molecular complexity index is 1140. The number of fused-ring (bicyclic) bond motifs is 2. The molecule has 5 rings (SSSR count). The van der Waals surface area contributed by atoms with E-state index in [4.69, 9.17) is 0 Å². The molecule has 2 unspecified atom stereocenters. The number of benzene rings is 2. The van der Waals surface area contributed by atoms with Crippen LogP contribution < -0.4 is 9.77 Å². The van der Waals surface area contributed by atoms with Crippen LogP contribution in [0.15, 0.2) is 64.4 Å². The van der Waals surface area contributed by atoms with Crippen molar-refractivity contribution in [3.05, 3.63) is 74.7 Å². The van der Waals surface area contributed by atoms with Gasteiger partial charge in [-0.05, 0) is 29.8 Å². The standard InChI is InChI=1S/C20H14N2O4S2/c23-12-8-6-10(7-9-12)13-14-16(27-17-15(13)28-20(26)21-17)19(25)22(18(14)24)11-4-2-1-3-5-11/h1-9,13-14,16,23H,(H,21,26)/t13-,14?,16?/m1/s1. The van der Waals surface area contributed by atoms with Crippen LogP contribution in [-0.4, -0.2) is 27.2 Å². The van der Waals surface area contributed by atoms with Gasteiger partial charge < -0.3 is 10.1 Å². The smallest absolute Gasteiger partial charge is 0.305 e. The van der Waals surface area contributed by atoms with Crippen molar-refractivity contribution in [3.8, 4) is 5.75 Å². The van der Waals surface area contributed by atoms with Crippen molar-refractivity contribution in [2.45, 2.75) is 16.2 Å². The Labute approximate surface area is 167 Å². The lowest BCUT2D eigenvalue weighted by Crippen LogP contribution is -2.32. The monoisotopic (exact) mass is 410 g/mol. The summed E-state index contributed by atoms with van der Waals surface area (Å²) >= 11 is 2.32. The highest BCUT2D eigenvalue weighted by Crippen LogP contribution is 2.53. The summed E-state index contributed by atoms with van der Waals surface area (Å²) in [5.74, 6) is -1.45. The van der Waals surface area contributed by atoms with Gasteiger partial charge in [0, 0.05) is 10.8 Å². The highest BCUT2D eigenvalue weighted by Gasteiger charge is 2.56. The van der Waals surface area contributed by atoms with E-state index >= 15 is 0 Å². The van der Waals surface area contributed by atoms with Crippen molar-refractivity contribution in [1.29, 1.82) is 0 Å². The number of aromatic hydroxyl groups is 1. The first kappa shape index (κ1) is 17.3. The molecule has 2 aromatic carbocycles. The van der Waals surface area contributed by atoms with Gasteiger partial charge in [0.1, 0.15) is 11.0 Å². The van der Waals surface area contributed by atoms with Crippen LogP contribution in [0.3, 0.4) is 0 Å². The molecule has 0 radical (unpaired) electrons. The molecule has 2 N–H and O–H groups in total. The first-order valence-corrected chi connectivity index (χ1v) is 10.4. The van der Waals surface area contributed by atoms with Gasteiger partial charge in [-0.2, -0.15) is 0 Å². The molecule has 1 aromatic heterocycles. The molecular formula is C20H14N2O4S2. The number of aromatic nitrogens is 1. The van der Waals surface area contributed by atoms with E-state index in [9.17, 15) is 19.5 Å². The third-order valence-electron chi connectivity index (χ3n) is 5.09. The molecule has 0 saturated carbocycles. The van der Waals surface area contributed by atoms with Gasteiger partial charge in [-0.25, -0.2) is 4.90 Å². The molecule has 3 aromatic rings. The predicted octanol–water partition coefficient (Wildman–Crippen LogP) is 2.94. The third kappa shape index (κ3) is 2.52. The number of carbonyl (C=O) groups excluding carboxylic acids is 2. The summed E-state index contributed by atoms with van der Waals surface area (Å²) < 4.78 is 0. The van der Waals surface area contributed by atoms with Gasteiger partial charge >= 0.3 is 4.87 Å². The second kappa shape index (κ2) is 6.35. The molecule has 1 saturated heterocycles. The van der Waals surface area contributed by atoms with Crippen LogP contribution in [0.2, 0.25) is 0 Å². The van der Waals surface area contributed by atoms with Gasteiger partial charge in [-0.3, -0.25) is 14.4 Å². The summed E-state index contributed by atoms with van der Waals surface area (Å²) in [6.45, 7) is 0. The number of anilines is 1. The summed E-state index contributed by atoms with van der Waals surface area (Å²) in [5.41, 5.74) is 1.34. The molecule has 2 amide bonds. The van der Waals surface area contributed by atoms with Crippen LogP contribution in [0.4, 0.5) is 5.69 Å². The first-order chi connectivity index (χ1) is 13.5. The van der Waals surface area contributed by atoms with Crippen LogP contribution in [0, 0.1) is 5.92 Å². The number of phenolic OH excluding ortho intramolecular Hbond substituents is 1. The highest BCUT2D eigenvalue weighted by atomic mass is 32.2. The van der Waals surface area contributed by atoms with E-state index in [1.54, 1.807) is 48.5 Å². The van der Waals surface area contributed by atoms with E-state index in [0.717, 1.165) is 21.8 Å². The Hall–Kier alpha value is -2.84. The van der Waals surface area contributed by atoms with Crippen molar-refractivity contribution in [2.24, 2.45) is 5.92 Å². The molecule has 1 fully saturated rings. The molecule has 8 heteroatoms. The zero-order valence-corrected chi connectivity index (χ0v) is 16.0. The SMILES string of the molecule is O=C1C2Sc3[nH]c(=O)sc3[C@H](c3ccc(O)cc3)C2C(=O)N1c1ccccc1. The zero-order valence-electron chi connectivity index (χ0n) is 14.4. The fourth-order valence-corrected chi connectivity index (χ4v) is 6.40. The molecule has 0 bridgehead atoms. The number of thiazole rings is 1. The van der Waals surface area contributed by atoms with Crippen LogP contribution >= 0.6 is 23.1 Å². The van der Waals surface area contributed by atoms with E-state index in [0.29, 0.717) is 10.7 Å². The number of imide groups is 1. The van der Waals surface area contributed by atoms with Crippen molar-refractivity contribution in [1.82, 2.24) is 4.98 Å². The van der Waals surface area contributed by atoms with Crippen molar-refractivity contribution >= 4 is 40.6 Å². The third-order valence-corrected chi connectivity index (χ3v) is 7.49. The Morgan fingerprint density at radius 2 is 1.64 bits per heavy atom. The van der Waals surface area contributed by atoms with Gasteiger partial charge in [0.05, 0.1) is 16.6 Å². The molecule has 3 atom stereocenters. The number of hydrogen-bond donors (Lipinski definition) is 2. The number of nitrogens with one attached hydrogen (secondary N) is 1. The van der Waals surface area contributed by atoms with Gasteiger partial charge in [0.2, 0.25) is 11.8 Å². The maximum atomic E-state index is 13.4. The number of thioether (sulfide) groups is 1. The molecule has 28 heavy (non-hydrogen) atoms. The lowest BCUT2D eigenvalue weighted by molar-refractivity contribution is -0.122. The molecule has 2 aliphatic heterocycles. The molecule has 140 valence electrons. The topological polar surface area (TPSA) is 90.5 Å². The van der Waals surface area contributed by atoms with Crippen molar-refractivity contribution < 1.29 is 14.7 Å². The number of hydrogen-bond acceptors (Lipinski definition) is 6. The zero-order chi connectivity index (χ0) is 19.4. The predicted molar refractivity (Wildman–Crippen MR) is 107 cm³/mol. The Morgan fingerprint density at radius 3 is 2.36 bits per heavy atom. The molecule has 2 aliphatic rings. The van der Waals surface area contributed by atoms with Crippen LogP contribution in [-0.2, 0) is 9.59 Å². The van der Waals surface area contributed by atoms with Gasteiger partial charge in [0.15, 0.2) is 0 Å². The van der Waals surface area contributed by atoms with E-state index in [2.05, 4.69) is 4.98 Å². The quantitative estimate of drug-likeness (QED) is 0.634. The maximum Gasteiger partial charge on any atom is 0.305 e. The normalized spacial score (nSPS) is 23.6. The number of para-hydroxylation sites is 1. The summed E-state index contributed by atoms with van der Waals surface area (Å²) in [6, 6.07) is 15.5. The molecular weight excluding hydrogens is 396 g/mol. The molecule has 0 aliphatic carbocycles. The summed E-state index contributed by atoms with van der Waals surface area (Å²) in [5, 5.41) is 9.68. The van der Waals surface area contributed by atoms with Crippen LogP contribution in [0.25, 0.3) is 0 Å². The van der Waals surface area contributed by atoms with Gasteiger partial charge in [-0.1, -0.05) is 53.4 Å². The number of nitrogens with zero attached hydrogens (tertiary/aromatic N) is 1. The average molecular weight is 410 g/mol. The minimum absolute atomic E-state index is 0.118. The Balaban J connectivity index is 1.66. The number of phenols is 1. The van der Waals surface area contributed by atoms with E-state index in [1.165, 1.54) is 16.7 Å². The van der Waals surface area contributed by atoms with Crippen LogP contribution in [0.1, 0.15) is 16.4 Å². The lowest BCUT2D eigenvalue weighted by Gasteiger charge is -2.29. The second-order valence-electron chi connectivity index (χ2n) is 6.69.